The van der Waals surface area contributed by atoms with Crippen molar-refractivity contribution >= 4 is 9.84 Å². The Hall–Kier alpha value is -0.950. The van der Waals surface area contributed by atoms with E-state index in [4.69, 9.17) is 4.52 Å². The van der Waals surface area contributed by atoms with E-state index in [1.807, 2.05) is 13.8 Å². The van der Waals surface area contributed by atoms with E-state index in [-0.39, 0.29) is 23.3 Å². The normalized spacial score (nSPS) is 24.2. The van der Waals surface area contributed by atoms with Crippen molar-refractivity contribution in [2.24, 2.45) is 0 Å². The molecule has 18 heavy (non-hydrogen) atoms. The second-order valence-corrected chi connectivity index (χ2v) is 7.03. The van der Waals surface area contributed by atoms with Gasteiger partial charge in [-0.15, -0.1) is 0 Å². The van der Waals surface area contributed by atoms with E-state index in [1.165, 1.54) is 0 Å². The molecule has 1 aromatic rings. The number of rotatable bonds is 5. The van der Waals surface area contributed by atoms with Gasteiger partial charge in [0.15, 0.2) is 15.7 Å². The molecule has 0 bridgehead atoms. The van der Waals surface area contributed by atoms with Crippen LogP contribution in [0.1, 0.15) is 43.8 Å². The van der Waals surface area contributed by atoms with Crippen LogP contribution in [0.15, 0.2) is 4.52 Å². The van der Waals surface area contributed by atoms with Crippen LogP contribution in [0.2, 0.25) is 0 Å². The molecule has 1 aliphatic rings. The van der Waals surface area contributed by atoms with Crippen LogP contribution in [0, 0.1) is 0 Å². The molecule has 2 unspecified atom stereocenters. The van der Waals surface area contributed by atoms with Gasteiger partial charge in [0.2, 0.25) is 5.89 Å². The first kappa shape index (κ1) is 13.5. The van der Waals surface area contributed by atoms with Crippen molar-refractivity contribution in [1.29, 1.82) is 0 Å². The summed E-state index contributed by atoms with van der Waals surface area (Å²) in [5.41, 5.74) is 0. The van der Waals surface area contributed by atoms with Crippen LogP contribution in [0.3, 0.4) is 0 Å². The lowest BCUT2D eigenvalue weighted by molar-refractivity contribution is 0.349. The molecule has 1 saturated heterocycles. The summed E-state index contributed by atoms with van der Waals surface area (Å²) in [5, 5.41) is 7.13. The SMILES string of the molecule is CCNCC(C)c1nc(C2CCS(=O)(=O)C2)no1. The number of sulfone groups is 1. The van der Waals surface area contributed by atoms with Crippen LogP contribution in [0.25, 0.3) is 0 Å². The van der Waals surface area contributed by atoms with Gasteiger partial charge in [-0.05, 0) is 13.0 Å². The van der Waals surface area contributed by atoms with Gasteiger partial charge >= 0.3 is 0 Å². The molecule has 0 saturated carbocycles. The fraction of sp³-hybridized carbons (Fsp3) is 0.818. The van der Waals surface area contributed by atoms with Crippen LogP contribution in [0.5, 0.6) is 0 Å². The van der Waals surface area contributed by atoms with Gasteiger partial charge in [0, 0.05) is 18.4 Å². The first-order chi connectivity index (χ1) is 8.52. The maximum Gasteiger partial charge on any atom is 0.230 e. The van der Waals surface area contributed by atoms with Crippen molar-refractivity contribution in [3.05, 3.63) is 11.7 Å². The summed E-state index contributed by atoms with van der Waals surface area (Å²) in [6, 6.07) is 0. The zero-order chi connectivity index (χ0) is 13.2. The van der Waals surface area contributed by atoms with Crippen LogP contribution in [-0.4, -0.2) is 43.2 Å². The third-order valence-corrected chi connectivity index (χ3v) is 4.95. The molecule has 1 fully saturated rings. The van der Waals surface area contributed by atoms with E-state index in [1.54, 1.807) is 0 Å². The lowest BCUT2D eigenvalue weighted by Crippen LogP contribution is -2.19. The van der Waals surface area contributed by atoms with Crippen molar-refractivity contribution in [3.8, 4) is 0 Å². The lowest BCUT2D eigenvalue weighted by Gasteiger charge is -2.05. The number of nitrogens with zero attached hydrogens (tertiary/aromatic N) is 2. The van der Waals surface area contributed by atoms with Gasteiger partial charge in [-0.25, -0.2) is 8.42 Å². The summed E-state index contributed by atoms with van der Waals surface area (Å²) in [7, 11) is -2.90. The molecule has 2 rings (SSSR count). The minimum atomic E-state index is -2.90. The molecule has 0 aliphatic carbocycles. The Labute approximate surface area is 107 Å². The van der Waals surface area contributed by atoms with Crippen molar-refractivity contribution in [2.75, 3.05) is 24.6 Å². The Morgan fingerprint density at radius 2 is 2.33 bits per heavy atom. The van der Waals surface area contributed by atoms with Crippen molar-refractivity contribution < 1.29 is 12.9 Å². The second-order valence-electron chi connectivity index (χ2n) is 4.80. The molecule has 7 heteroatoms. The van der Waals surface area contributed by atoms with Crippen molar-refractivity contribution in [2.45, 2.75) is 32.1 Å². The van der Waals surface area contributed by atoms with E-state index in [0.29, 0.717) is 18.1 Å². The topological polar surface area (TPSA) is 85.1 Å². The smallest absolute Gasteiger partial charge is 0.230 e. The highest BCUT2D eigenvalue weighted by Crippen LogP contribution is 2.27. The highest BCUT2D eigenvalue weighted by atomic mass is 32.2. The van der Waals surface area contributed by atoms with Gasteiger partial charge in [-0.1, -0.05) is 19.0 Å². The Bertz CT molecular complexity index is 497. The highest BCUT2D eigenvalue weighted by Gasteiger charge is 2.32. The van der Waals surface area contributed by atoms with Crippen LogP contribution in [-0.2, 0) is 9.84 Å². The third-order valence-electron chi connectivity index (χ3n) is 3.18. The third kappa shape index (κ3) is 3.08. The minimum absolute atomic E-state index is 0.0983. The average molecular weight is 273 g/mol. The molecule has 0 spiro atoms. The predicted molar refractivity (Wildman–Crippen MR) is 67.3 cm³/mol. The van der Waals surface area contributed by atoms with E-state index < -0.39 is 9.84 Å². The number of hydrogen-bond acceptors (Lipinski definition) is 6. The summed E-state index contributed by atoms with van der Waals surface area (Å²) in [6.07, 6.45) is 0.600. The Kier molecular flexibility index (Phi) is 4.01. The Balaban J connectivity index is 2.02. The fourth-order valence-corrected chi connectivity index (χ4v) is 3.80. The van der Waals surface area contributed by atoms with E-state index in [9.17, 15) is 8.42 Å². The molecule has 1 aromatic heterocycles. The van der Waals surface area contributed by atoms with Crippen LogP contribution >= 0.6 is 0 Å². The number of aromatic nitrogens is 2. The van der Waals surface area contributed by atoms with Gasteiger partial charge in [-0.2, -0.15) is 4.98 Å². The van der Waals surface area contributed by atoms with Gasteiger partial charge in [0.05, 0.1) is 11.5 Å². The zero-order valence-corrected chi connectivity index (χ0v) is 11.5. The molecule has 0 aromatic carbocycles. The average Bonchev–Trinajstić information content (AvgIpc) is 2.92. The molecule has 0 radical (unpaired) electrons. The number of likely N-dealkylation sites (N-methyl/N-ethyl adjacent to an activating group) is 1. The van der Waals surface area contributed by atoms with Gasteiger partial charge in [0.25, 0.3) is 0 Å². The Morgan fingerprint density at radius 1 is 1.56 bits per heavy atom. The monoisotopic (exact) mass is 273 g/mol. The van der Waals surface area contributed by atoms with E-state index in [2.05, 4.69) is 15.5 Å². The zero-order valence-electron chi connectivity index (χ0n) is 10.7. The standard InChI is InChI=1S/C11H19N3O3S/c1-3-12-6-8(2)11-13-10(14-17-11)9-4-5-18(15,16)7-9/h8-9,12H,3-7H2,1-2H3. The minimum Gasteiger partial charge on any atom is -0.339 e. The van der Waals surface area contributed by atoms with Crippen molar-refractivity contribution in [3.63, 3.8) is 0 Å². The number of hydrogen-bond donors (Lipinski definition) is 1. The second kappa shape index (κ2) is 5.36. The maximum absolute atomic E-state index is 11.4. The summed E-state index contributed by atoms with van der Waals surface area (Å²) >= 11 is 0. The fourth-order valence-electron chi connectivity index (χ4n) is 2.06. The van der Waals surface area contributed by atoms with Crippen LogP contribution < -0.4 is 5.32 Å². The summed E-state index contributed by atoms with van der Waals surface area (Å²) in [5.74, 6) is 1.54. The van der Waals surface area contributed by atoms with Gasteiger partial charge in [-0.3, -0.25) is 0 Å². The Morgan fingerprint density at radius 3 is 2.94 bits per heavy atom. The molecular formula is C11H19N3O3S. The molecule has 6 nitrogen and oxygen atoms in total. The maximum atomic E-state index is 11.4. The molecule has 2 heterocycles. The van der Waals surface area contributed by atoms with Crippen molar-refractivity contribution in [1.82, 2.24) is 15.5 Å². The molecule has 102 valence electrons. The van der Waals surface area contributed by atoms with E-state index in [0.717, 1.165) is 13.1 Å². The van der Waals surface area contributed by atoms with E-state index >= 15 is 0 Å². The first-order valence-electron chi connectivity index (χ1n) is 6.26. The lowest BCUT2D eigenvalue weighted by atomic mass is 10.1. The van der Waals surface area contributed by atoms with Gasteiger partial charge in [0.1, 0.15) is 0 Å². The first-order valence-corrected chi connectivity index (χ1v) is 8.08. The quantitative estimate of drug-likeness (QED) is 0.849. The molecule has 1 aliphatic heterocycles. The molecule has 0 amide bonds. The highest BCUT2D eigenvalue weighted by molar-refractivity contribution is 7.91. The number of nitrogens with one attached hydrogen (secondary N) is 1. The predicted octanol–water partition coefficient (Wildman–Crippen LogP) is 0.685. The molecule has 1 N–H and O–H groups in total. The summed E-state index contributed by atoms with van der Waals surface area (Å²) in [4.78, 5) is 4.33. The summed E-state index contributed by atoms with van der Waals surface area (Å²) in [6.45, 7) is 5.72. The molecule has 2 atom stereocenters. The van der Waals surface area contributed by atoms with Gasteiger partial charge < -0.3 is 9.84 Å². The largest absolute Gasteiger partial charge is 0.339 e. The summed E-state index contributed by atoms with van der Waals surface area (Å²) < 4.78 is 28.0. The van der Waals surface area contributed by atoms with Crippen LogP contribution in [0.4, 0.5) is 0 Å². The molecular weight excluding hydrogens is 254 g/mol.